The summed E-state index contributed by atoms with van der Waals surface area (Å²) >= 11 is 0. The highest BCUT2D eigenvalue weighted by Gasteiger charge is 2.30. The van der Waals surface area contributed by atoms with Crippen molar-refractivity contribution in [3.05, 3.63) is 18.3 Å². The van der Waals surface area contributed by atoms with E-state index in [1.807, 2.05) is 25.1 Å². The number of nitrogens with zero attached hydrogens (tertiary/aromatic N) is 3. The molecule has 92 valence electrons. The summed E-state index contributed by atoms with van der Waals surface area (Å²) in [5.41, 5.74) is 6.37. The Balaban J connectivity index is 2.20. The molecule has 1 aromatic heterocycles. The molecule has 1 saturated heterocycles. The maximum atomic E-state index is 12.3. The average molecular weight is 234 g/mol. The van der Waals surface area contributed by atoms with Crippen LogP contribution in [0.2, 0.25) is 0 Å². The molecule has 0 spiro atoms. The van der Waals surface area contributed by atoms with Crippen molar-refractivity contribution in [3.8, 4) is 0 Å². The third-order valence-electron chi connectivity index (χ3n) is 3.12. The molecule has 5 nitrogen and oxygen atoms in total. The third-order valence-corrected chi connectivity index (χ3v) is 3.12. The van der Waals surface area contributed by atoms with Crippen LogP contribution in [0.5, 0.6) is 0 Å². The van der Waals surface area contributed by atoms with Crippen molar-refractivity contribution in [3.63, 3.8) is 0 Å². The highest BCUT2D eigenvalue weighted by Crippen LogP contribution is 2.22. The van der Waals surface area contributed by atoms with E-state index in [9.17, 15) is 4.79 Å². The molecule has 2 rings (SSSR count). The molecule has 0 aromatic carbocycles. The van der Waals surface area contributed by atoms with E-state index in [0.717, 1.165) is 25.1 Å². The highest BCUT2D eigenvalue weighted by atomic mass is 16.2. The molecule has 1 fully saturated rings. The molecule has 0 saturated carbocycles. The number of likely N-dealkylation sites (N-methyl/N-ethyl adjacent to an activating group) is 1. The number of aromatic nitrogens is 1. The van der Waals surface area contributed by atoms with Crippen LogP contribution in [0.1, 0.15) is 12.8 Å². The molecular weight excluding hydrogens is 216 g/mol. The Hall–Kier alpha value is -1.62. The van der Waals surface area contributed by atoms with E-state index in [1.165, 1.54) is 0 Å². The van der Waals surface area contributed by atoms with Crippen LogP contribution in [0.4, 0.5) is 11.5 Å². The van der Waals surface area contributed by atoms with Gasteiger partial charge in [-0.05, 0) is 39.1 Å². The first-order chi connectivity index (χ1) is 8.09. The van der Waals surface area contributed by atoms with Crippen LogP contribution >= 0.6 is 0 Å². The van der Waals surface area contributed by atoms with Gasteiger partial charge in [0.05, 0.1) is 17.9 Å². The topological polar surface area (TPSA) is 62.5 Å². The van der Waals surface area contributed by atoms with Gasteiger partial charge in [-0.25, -0.2) is 4.98 Å². The maximum Gasteiger partial charge on any atom is 0.244 e. The Bertz CT molecular complexity index is 401. The largest absolute Gasteiger partial charge is 0.384 e. The fourth-order valence-corrected chi connectivity index (χ4v) is 2.15. The van der Waals surface area contributed by atoms with E-state index in [0.29, 0.717) is 5.82 Å². The van der Waals surface area contributed by atoms with Gasteiger partial charge in [-0.2, -0.15) is 0 Å². The van der Waals surface area contributed by atoms with Crippen LogP contribution in [-0.2, 0) is 4.79 Å². The summed E-state index contributed by atoms with van der Waals surface area (Å²) in [4.78, 5) is 20.1. The van der Waals surface area contributed by atoms with Gasteiger partial charge in [0.15, 0.2) is 0 Å². The van der Waals surface area contributed by atoms with E-state index in [-0.39, 0.29) is 11.9 Å². The number of nitrogen functional groups attached to an aromatic ring is 1. The summed E-state index contributed by atoms with van der Waals surface area (Å²) in [6.07, 6.45) is 3.59. The molecule has 1 aliphatic heterocycles. The SMILES string of the molecule is CN(C)C1CCCN(c2ccc(N)nc2)C1=O. The first-order valence-electron chi connectivity index (χ1n) is 5.79. The van der Waals surface area contributed by atoms with Gasteiger partial charge in [0.2, 0.25) is 5.91 Å². The minimum atomic E-state index is -0.0266. The number of carbonyl (C=O) groups is 1. The van der Waals surface area contributed by atoms with Crippen molar-refractivity contribution in [2.45, 2.75) is 18.9 Å². The van der Waals surface area contributed by atoms with Gasteiger partial charge in [-0.15, -0.1) is 0 Å². The van der Waals surface area contributed by atoms with Crippen LogP contribution in [0, 0.1) is 0 Å². The lowest BCUT2D eigenvalue weighted by atomic mass is 10.0. The average Bonchev–Trinajstić information content (AvgIpc) is 2.30. The lowest BCUT2D eigenvalue weighted by molar-refractivity contribution is -0.124. The van der Waals surface area contributed by atoms with Gasteiger partial charge in [0, 0.05) is 6.54 Å². The minimum absolute atomic E-state index is 0.0266. The van der Waals surface area contributed by atoms with Crippen molar-refractivity contribution >= 4 is 17.4 Å². The first-order valence-corrected chi connectivity index (χ1v) is 5.79. The van der Waals surface area contributed by atoms with Gasteiger partial charge in [0.25, 0.3) is 0 Å². The molecule has 1 amide bonds. The number of carbonyl (C=O) groups excluding carboxylic acids is 1. The molecule has 5 heteroatoms. The van der Waals surface area contributed by atoms with Crippen LogP contribution in [0.3, 0.4) is 0 Å². The fourth-order valence-electron chi connectivity index (χ4n) is 2.15. The lowest BCUT2D eigenvalue weighted by Gasteiger charge is -2.35. The van der Waals surface area contributed by atoms with Gasteiger partial charge in [-0.1, -0.05) is 0 Å². The van der Waals surface area contributed by atoms with E-state index in [1.54, 1.807) is 17.2 Å². The van der Waals surface area contributed by atoms with Gasteiger partial charge >= 0.3 is 0 Å². The summed E-state index contributed by atoms with van der Waals surface area (Å²) in [5, 5.41) is 0. The monoisotopic (exact) mass is 234 g/mol. The molecular formula is C12H18N4O. The Morgan fingerprint density at radius 2 is 2.24 bits per heavy atom. The fraction of sp³-hybridized carbons (Fsp3) is 0.500. The summed E-state index contributed by atoms with van der Waals surface area (Å²) in [6, 6.07) is 3.54. The normalized spacial score (nSPS) is 21.0. The van der Waals surface area contributed by atoms with Crippen LogP contribution in [0.25, 0.3) is 0 Å². The number of hydrogen-bond donors (Lipinski definition) is 1. The molecule has 0 bridgehead atoms. The number of hydrogen-bond acceptors (Lipinski definition) is 4. The van der Waals surface area contributed by atoms with E-state index in [2.05, 4.69) is 4.98 Å². The number of anilines is 2. The van der Waals surface area contributed by atoms with E-state index in [4.69, 9.17) is 5.73 Å². The van der Waals surface area contributed by atoms with Crippen molar-refractivity contribution < 1.29 is 4.79 Å². The summed E-state index contributed by atoms with van der Waals surface area (Å²) in [6.45, 7) is 0.759. The first kappa shape index (κ1) is 11.9. The van der Waals surface area contributed by atoms with Gasteiger partial charge < -0.3 is 10.6 Å². The Morgan fingerprint density at radius 3 is 2.82 bits per heavy atom. The number of rotatable bonds is 2. The van der Waals surface area contributed by atoms with Crippen LogP contribution in [-0.4, -0.2) is 42.5 Å². The summed E-state index contributed by atoms with van der Waals surface area (Å²) in [7, 11) is 3.88. The molecule has 2 N–H and O–H groups in total. The molecule has 0 radical (unpaired) electrons. The smallest absolute Gasteiger partial charge is 0.244 e. The quantitative estimate of drug-likeness (QED) is 0.819. The van der Waals surface area contributed by atoms with Crippen molar-refractivity contribution in [1.82, 2.24) is 9.88 Å². The second kappa shape index (κ2) is 4.71. The van der Waals surface area contributed by atoms with Crippen LogP contribution < -0.4 is 10.6 Å². The standard InChI is InChI=1S/C12H18N4O/c1-15(2)10-4-3-7-16(12(10)17)9-5-6-11(13)14-8-9/h5-6,8,10H,3-4,7H2,1-2H3,(H2,13,14). The van der Waals surface area contributed by atoms with Gasteiger partial charge in [-0.3, -0.25) is 9.69 Å². The number of nitrogens with two attached hydrogens (primary N) is 1. The van der Waals surface area contributed by atoms with E-state index >= 15 is 0 Å². The Kier molecular flexibility index (Phi) is 3.28. The number of pyridine rings is 1. The summed E-state index contributed by atoms with van der Waals surface area (Å²) in [5.74, 6) is 0.621. The van der Waals surface area contributed by atoms with Crippen LogP contribution in [0.15, 0.2) is 18.3 Å². The number of piperidine rings is 1. The molecule has 2 heterocycles. The second-order valence-corrected chi connectivity index (χ2v) is 4.55. The predicted molar refractivity (Wildman–Crippen MR) is 67.7 cm³/mol. The van der Waals surface area contributed by atoms with Crippen molar-refractivity contribution in [1.29, 1.82) is 0 Å². The minimum Gasteiger partial charge on any atom is -0.384 e. The number of amides is 1. The molecule has 1 aliphatic rings. The van der Waals surface area contributed by atoms with Crippen molar-refractivity contribution in [2.75, 3.05) is 31.3 Å². The third kappa shape index (κ3) is 2.39. The lowest BCUT2D eigenvalue weighted by Crippen LogP contribution is -2.50. The molecule has 1 aromatic rings. The Labute approximate surface area is 101 Å². The van der Waals surface area contributed by atoms with Crippen molar-refractivity contribution in [2.24, 2.45) is 0 Å². The predicted octanol–water partition coefficient (Wildman–Crippen LogP) is 0.721. The Morgan fingerprint density at radius 1 is 1.47 bits per heavy atom. The zero-order valence-corrected chi connectivity index (χ0v) is 10.3. The zero-order valence-electron chi connectivity index (χ0n) is 10.3. The molecule has 17 heavy (non-hydrogen) atoms. The second-order valence-electron chi connectivity index (χ2n) is 4.55. The van der Waals surface area contributed by atoms with Gasteiger partial charge in [0.1, 0.15) is 5.82 Å². The summed E-state index contributed by atoms with van der Waals surface area (Å²) < 4.78 is 0. The molecule has 1 atom stereocenters. The molecule has 0 aliphatic carbocycles. The highest BCUT2D eigenvalue weighted by molar-refractivity contribution is 5.97. The maximum absolute atomic E-state index is 12.3. The zero-order chi connectivity index (χ0) is 12.4. The van der Waals surface area contributed by atoms with E-state index < -0.39 is 0 Å². The molecule has 1 unspecified atom stereocenters.